The van der Waals surface area contributed by atoms with Gasteiger partial charge in [-0.15, -0.1) is 0 Å². The fourth-order valence-electron chi connectivity index (χ4n) is 9.75. The van der Waals surface area contributed by atoms with Crippen LogP contribution in [0.2, 0.25) is 0 Å². The van der Waals surface area contributed by atoms with Crippen molar-refractivity contribution >= 4 is 6.16 Å². The number of rotatable bonds is 7. The van der Waals surface area contributed by atoms with E-state index in [0.29, 0.717) is 11.3 Å². The molecule has 0 N–H and O–H groups in total. The predicted octanol–water partition coefficient (Wildman–Crippen LogP) is 8.11. The topological polar surface area (TPSA) is 38.8 Å². The molecule has 0 aromatic heterocycles. The average molecular weight is 514 g/mol. The lowest BCUT2D eigenvalue weighted by Gasteiger charge is -2.54. The van der Waals surface area contributed by atoms with E-state index in [1.54, 1.807) is 0 Å². The van der Waals surface area contributed by atoms with Gasteiger partial charge in [0, 0.05) is 13.1 Å². The van der Waals surface area contributed by atoms with Crippen molar-refractivity contribution in [2.24, 2.45) is 52.8 Å². The highest BCUT2D eigenvalue weighted by Gasteiger charge is 2.56. The van der Waals surface area contributed by atoms with E-state index in [9.17, 15) is 4.79 Å². The largest absolute Gasteiger partial charge is 0.508 e. The Morgan fingerprint density at radius 3 is 2.43 bits per heavy atom. The molecule has 1 heterocycles. The highest BCUT2D eigenvalue weighted by atomic mass is 16.7. The fourth-order valence-corrected chi connectivity index (χ4v) is 9.75. The molecule has 5 aliphatic rings. The first-order chi connectivity index (χ1) is 17.7. The molecule has 4 heteroatoms. The van der Waals surface area contributed by atoms with Crippen LogP contribution in [0.15, 0.2) is 12.2 Å². The molecular weight excluding hydrogens is 458 g/mol. The molecule has 0 bridgehead atoms. The average Bonchev–Trinajstić information content (AvgIpc) is 3.22. The van der Waals surface area contributed by atoms with Gasteiger partial charge >= 0.3 is 6.16 Å². The Bertz CT molecular complexity index is 801. The SMILES string of the molecule is CC(C)CCCC(C)[C@@H]1CC[C@@H]2[C@H]3C=CC4CC(OC(=O)OC5CCN(C)CC5)CCC4C3CC[C@]21C. The van der Waals surface area contributed by atoms with Crippen molar-refractivity contribution < 1.29 is 14.3 Å². The minimum Gasteiger partial charge on any atom is -0.431 e. The van der Waals surface area contributed by atoms with Gasteiger partial charge in [0.15, 0.2) is 0 Å². The maximum atomic E-state index is 12.5. The number of carbonyl (C=O) groups excluding carboxylic acids is 1. The van der Waals surface area contributed by atoms with Crippen molar-refractivity contribution in [3.05, 3.63) is 12.2 Å². The highest BCUT2D eigenvalue weighted by molar-refractivity contribution is 5.60. The van der Waals surface area contributed by atoms with Gasteiger partial charge in [-0.3, -0.25) is 0 Å². The zero-order valence-corrected chi connectivity index (χ0v) is 24.5. The van der Waals surface area contributed by atoms with Gasteiger partial charge in [0.2, 0.25) is 0 Å². The second kappa shape index (κ2) is 11.6. The summed E-state index contributed by atoms with van der Waals surface area (Å²) < 4.78 is 11.6. The maximum Gasteiger partial charge on any atom is 0.508 e. The van der Waals surface area contributed by atoms with Gasteiger partial charge in [-0.05, 0) is 118 Å². The highest BCUT2D eigenvalue weighted by Crippen LogP contribution is 2.64. The minimum absolute atomic E-state index is 0.0256. The summed E-state index contributed by atoms with van der Waals surface area (Å²) in [6.45, 7) is 12.0. The number of hydrogen-bond acceptors (Lipinski definition) is 4. The lowest BCUT2D eigenvalue weighted by atomic mass is 9.51. The van der Waals surface area contributed by atoms with E-state index in [4.69, 9.17) is 9.47 Å². The molecule has 0 radical (unpaired) electrons. The number of ether oxygens (including phenoxy) is 2. The monoisotopic (exact) mass is 513 g/mol. The van der Waals surface area contributed by atoms with Gasteiger partial charge in [0.05, 0.1) is 0 Å². The van der Waals surface area contributed by atoms with Crippen LogP contribution in [0.5, 0.6) is 0 Å². The molecule has 5 rings (SSSR count). The summed E-state index contributed by atoms with van der Waals surface area (Å²) in [5, 5.41) is 0. The van der Waals surface area contributed by atoms with Crippen LogP contribution in [0.25, 0.3) is 0 Å². The van der Waals surface area contributed by atoms with Crippen molar-refractivity contribution in [1.29, 1.82) is 0 Å². The molecule has 4 aliphatic carbocycles. The van der Waals surface area contributed by atoms with Crippen LogP contribution >= 0.6 is 0 Å². The Labute approximate surface area is 227 Å². The molecule has 0 aromatic rings. The molecule has 4 nitrogen and oxygen atoms in total. The van der Waals surface area contributed by atoms with Crippen LogP contribution in [0.1, 0.15) is 105 Å². The minimum atomic E-state index is -0.427. The number of piperidine rings is 1. The van der Waals surface area contributed by atoms with Crippen molar-refractivity contribution in [3.8, 4) is 0 Å². The lowest BCUT2D eigenvalue weighted by Crippen LogP contribution is -2.48. The van der Waals surface area contributed by atoms with Gasteiger partial charge in [0.25, 0.3) is 0 Å². The Morgan fingerprint density at radius 2 is 1.68 bits per heavy atom. The van der Waals surface area contributed by atoms with E-state index < -0.39 is 6.16 Å². The summed E-state index contributed by atoms with van der Waals surface area (Å²) in [5.74, 6) is 6.47. The smallest absolute Gasteiger partial charge is 0.431 e. The zero-order valence-electron chi connectivity index (χ0n) is 24.5. The van der Waals surface area contributed by atoms with E-state index in [2.05, 4.69) is 51.8 Å². The number of hydrogen-bond donors (Lipinski definition) is 0. The van der Waals surface area contributed by atoms with Crippen LogP contribution in [-0.2, 0) is 9.47 Å². The van der Waals surface area contributed by atoms with Crippen LogP contribution in [0.3, 0.4) is 0 Å². The Kier molecular flexibility index (Phi) is 8.64. The van der Waals surface area contributed by atoms with Gasteiger partial charge in [-0.25, -0.2) is 4.79 Å². The second-order valence-electron chi connectivity index (χ2n) is 14.5. The van der Waals surface area contributed by atoms with Crippen molar-refractivity contribution in [1.82, 2.24) is 4.90 Å². The number of allylic oxidation sites excluding steroid dienone is 2. The predicted molar refractivity (Wildman–Crippen MR) is 150 cm³/mol. The van der Waals surface area contributed by atoms with E-state index in [-0.39, 0.29) is 12.2 Å². The fraction of sp³-hybridized carbons (Fsp3) is 0.909. The van der Waals surface area contributed by atoms with Gasteiger partial charge < -0.3 is 14.4 Å². The summed E-state index contributed by atoms with van der Waals surface area (Å²) >= 11 is 0. The molecule has 3 saturated carbocycles. The zero-order chi connectivity index (χ0) is 26.2. The third kappa shape index (κ3) is 5.94. The molecule has 1 saturated heterocycles. The molecule has 210 valence electrons. The van der Waals surface area contributed by atoms with Crippen LogP contribution in [0, 0.1) is 52.8 Å². The van der Waals surface area contributed by atoms with Gasteiger partial charge in [0.1, 0.15) is 12.2 Å². The second-order valence-corrected chi connectivity index (χ2v) is 14.5. The van der Waals surface area contributed by atoms with E-state index in [1.165, 1.54) is 51.4 Å². The van der Waals surface area contributed by atoms with Crippen molar-refractivity contribution in [2.75, 3.05) is 20.1 Å². The number of likely N-dealkylation sites (tertiary alicyclic amines) is 1. The number of fused-ring (bicyclic) bond motifs is 5. The van der Waals surface area contributed by atoms with Crippen LogP contribution in [-0.4, -0.2) is 43.4 Å². The summed E-state index contributed by atoms with van der Waals surface area (Å²) in [5.41, 5.74) is 0.535. The maximum absolute atomic E-state index is 12.5. The van der Waals surface area contributed by atoms with Gasteiger partial charge in [-0.2, -0.15) is 0 Å². The first-order valence-electron chi connectivity index (χ1n) is 16.0. The first-order valence-corrected chi connectivity index (χ1v) is 16.0. The quantitative estimate of drug-likeness (QED) is 0.255. The Balaban J connectivity index is 1.15. The molecule has 9 atom stereocenters. The molecule has 0 spiro atoms. The third-order valence-electron chi connectivity index (χ3n) is 11.8. The molecular formula is C33H55NO3. The summed E-state index contributed by atoms with van der Waals surface area (Å²) in [6.07, 6.45) is 19.8. The molecule has 5 unspecified atom stereocenters. The number of carbonyl (C=O) groups is 1. The molecule has 1 aliphatic heterocycles. The number of nitrogens with zero attached hydrogens (tertiary/aromatic N) is 1. The normalized spacial score (nSPS) is 41.1. The lowest BCUT2D eigenvalue weighted by molar-refractivity contribution is -0.0556. The van der Waals surface area contributed by atoms with E-state index in [0.717, 1.165) is 80.2 Å². The van der Waals surface area contributed by atoms with Gasteiger partial charge in [-0.1, -0.05) is 59.1 Å². The molecule has 4 fully saturated rings. The third-order valence-corrected chi connectivity index (χ3v) is 11.8. The van der Waals surface area contributed by atoms with Crippen molar-refractivity contribution in [3.63, 3.8) is 0 Å². The molecule has 0 aromatic carbocycles. The van der Waals surface area contributed by atoms with E-state index in [1.807, 2.05) is 0 Å². The Morgan fingerprint density at radius 1 is 0.919 bits per heavy atom. The molecule has 0 amide bonds. The van der Waals surface area contributed by atoms with E-state index >= 15 is 0 Å². The standard InChI is InChI=1S/C33H55NO3/c1-22(2)7-6-8-23(3)30-13-14-31-29-11-9-24-21-26(10-12-27(24)28(29)15-18-33(30,31)4)37-32(35)36-25-16-19-34(5)20-17-25/h9,11,22-31H,6-8,10,12-21H2,1-5H3/t23?,24?,26?,27?,28?,29-,30-,31+,33-/m0/s1. The van der Waals surface area contributed by atoms with Crippen molar-refractivity contribution in [2.45, 2.75) is 117 Å². The summed E-state index contributed by atoms with van der Waals surface area (Å²) in [6, 6.07) is 0. The van der Waals surface area contributed by atoms with Crippen LogP contribution in [0.4, 0.5) is 4.79 Å². The van der Waals surface area contributed by atoms with Crippen LogP contribution < -0.4 is 0 Å². The summed E-state index contributed by atoms with van der Waals surface area (Å²) in [7, 11) is 2.13. The first kappa shape index (κ1) is 27.5. The summed E-state index contributed by atoms with van der Waals surface area (Å²) in [4.78, 5) is 14.8. The Hall–Kier alpha value is -1.03. The molecule has 37 heavy (non-hydrogen) atoms.